The standard InChI is InChI=1S/C50H83N5O14/c1-14-39-50(10,61)43(57)33(6)53(12)26-29(2)24-48(8,60)45(31(4)42(32(5)46(59)67-39)68-40-25-49(9,64-13)44(58)34(7)66-40)69-47-41(56)38(23-30(3)65-47)52(11)21-20-36-27-54(28-51-36)22-19-35-15-17-37(18-16-35)55(62)63/h15-18,27-34,38-45,47,56-58,60-61H,14,19-26H2,1-13H3/t29-,30-,31+,32-,33-,34+,38+,39-,40+,41-,42+,43-,44+,45-,47+,48-,49-,50-/m1/s1. The van der Waals surface area contributed by atoms with Gasteiger partial charge in [0.05, 0.1) is 58.5 Å². The number of aliphatic hydroxyl groups is 5. The predicted molar refractivity (Wildman–Crippen MR) is 256 cm³/mol. The molecule has 0 saturated carbocycles. The molecule has 4 heterocycles. The Labute approximate surface area is 408 Å². The topological polar surface area (TPSA) is 241 Å². The molecule has 0 spiro atoms. The quantitative estimate of drug-likeness (QED) is 0.103. The van der Waals surface area contributed by atoms with Crippen LogP contribution in [0.15, 0.2) is 36.8 Å². The summed E-state index contributed by atoms with van der Waals surface area (Å²) in [6.07, 6.45) is -4.07. The lowest BCUT2D eigenvalue weighted by Gasteiger charge is -2.49. The average Bonchev–Trinajstić information content (AvgIpc) is 3.76. The Kier molecular flexibility index (Phi) is 19.4. The van der Waals surface area contributed by atoms with Crippen molar-refractivity contribution < 1.29 is 63.7 Å². The Hall–Kier alpha value is -3.18. The number of nitro benzene ring substituents is 1. The summed E-state index contributed by atoms with van der Waals surface area (Å²) in [6, 6.07) is 5.53. The van der Waals surface area contributed by atoms with E-state index in [2.05, 4.69) is 9.88 Å². The molecule has 5 rings (SSSR count). The fourth-order valence-corrected chi connectivity index (χ4v) is 10.8. The molecule has 18 atom stereocenters. The van der Waals surface area contributed by atoms with Crippen LogP contribution in [0.2, 0.25) is 0 Å². The van der Waals surface area contributed by atoms with E-state index in [0.29, 0.717) is 38.9 Å². The number of nitro groups is 1. The number of likely N-dealkylation sites (N-methyl/N-ethyl adjacent to an activating group) is 2. The Bertz CT molecular complexity index is 1950. The van der Waals surface area contributed by atoms with Crippen LogP contribution in [0, 0.1) is 27.9 Å². The van der Waals surface area contributed by atoms with Crippen molar-refractivity contribution in [3.05, 3.63) is 58.2 Å². The van der Waals surface area contributed by atoms with Gasteiger partial charge in [-0.3, -0.25) is 14.9 Å². The minimum atomic E-state index is -1.84. The third kappa shape index (κ3) is 13.7. The molecule has 19 nitrogen and oxygen atoms in total. The van der Waals surface area contributed by atoms with E-state index in [1.54, 1.807) is 60.0 Å². The number of aromatic nitrogens is 2. The van der Waals surface area contributed by atoms with Gasteiger partial charge in [-0.2, -0.15) is 0 Å². The molecule has 0 radical (unpaired) electrons. The van der Waals surface area contributed by atoms with Crippen molar-refractivity contribution in [3.8, 4) is 0 Å². The number of esters is 1. The first-order chi connectivity index (χ1) is 32.2. The van der Waals surface area contributed by atoms with Gasteiger partial charge in [-0.25, -0.2) is 4.98 Å². The molecule has 5 N–H and O–H groups in total. The van der Waals surface area contributed by atoms with Crippen molar-refractivity contribution in [1.29, 1.82) is 0 Å². The van der Waals surface area contributed by atoms with Gasteiger partial charge in [0.25, 0.3) is 5.69 Å². The molecule has 1 aromatic heterocycles. The number of hydrogen-bond donors (Lipinski definition) is 5. The monoisotopic (exact) mass is 978 g/mol. The predicted octanol–water partition coefficient (Wildman–Crippen LogP) is 3.86. The average molecular weight is 978 g/mol. The zero-order valence-electron chi connectivity index (χ0n) is 43.1. The third-order valence-electron chi connectivity index (χ3n) is 15.3. The maximum Gasteiger partial charge on any atom is 0.311 e. The van der Waals surface area contributed by atoms with Crippen LogP contribution in [0.4, 0.5) is 5.69 Å². The minimum Gasteiger partial charge on any atom is -0.459 e. The number of nitrogens with zero attached hydrogens (tertiary/aromatic N) is 5. The second kappa shape index (κ2) is 23.6. The van der Waals surface area contributed by atoms with E-state index in [-0.39, 0.29) is 37.0 Å². The molecule has 0 amide bonds. The van der Waals surface area contributed by atoms with Gasteiger partial charge in [-0.1, -0.05) is 32.9 Å². The zero-order valence-corrected chi connectivity index (χ0v) is 43.1. The molecule has 69 heavy (non-hydrogen) atoms. The van der Waals surface area contributed by atoms with Crippen LogP contribution < -0.4 is 0 Å². The summed E-state index contributed by atoms with van der Waals surface area (Å²) in [5.41, 5.74) is -2.65. The van der Waals surface area contributed by atoms with E-state index < -0.39 is 107 Å². The minimum absolute atomic E-state index is 0.0521. The number of benzene rings is 1. The van der Waals surface area contributed by atoms with Gasteiger partial charge in [0.2, 0.25) is 0 Å². The van der Waals surface area contributed by atoms with Gasteiger partial charge >= 0.3 is 5.97 Å². The van der Waals surface area contributed by atoms with Crippen molar-refractivity contribution in [2.24, 2.45) is 17.8 Å². The lowest BCUT2D eigenvalue weighted by molar-refractivity contribution is -0.384. The summed E-state index contributed by atoms with van der Waals surface area (Å²) in [6.45, 7) is 19.1. The second-order valence-corrected chi connectivity index (χ2v) is 21.2. The summed E-state index contributed by atoms with van der Waals surface area (Å²) < 4.78 is 40.2. The van der Waals surface area contributed by atoms with E-state index in [9.17, 15) is 40.4 Å². The van der Waals surface area contributed by atoms with E-state index in [0.717, 1.165) is 11.3 Å². The van der Waals surface area contributed by atoms with Crippen molar-refractivity contribution >= 4 is 11.7 Å². The Balaban J connectivity index is 1.42. The number of aliphatic hydroxyl groups excluding tert-OH is 3. The van der Waals surface area contributed by atoms with Crippen LogP contribution in [0.3, 0.4) is 0 Å². The smallest absolute Gasteiger partial charge is 0.311 e. The van der Waals surface area contributed by atoms with Crippen LogP contribution in [-0.2, 0) is 52.6 Å². The summed E-state index contributed by atoms with van der Waals surface area (Å²) >= 11 is 0. The molecule has 2 aromatic rings. The van der Waals surface area contributed by atoms with E-state index in [1.165, 1.54) is 26.2 Å². The van der Waals surface area contributed by atoms with Gasteiger partial charge in [-0.05, 0) is 99.7 Å². The highest BCUT2D eigenvalue weighted by Gasteiger charge is 2.53. The molecule has 19 heteroatoms. The molecular weight excluding hydrogens is 895 g/mol. The maximum absolute atomic E-state index is 14.5. The molecular formula is C50H83N5O14. The summed E-state index contributed by atoms with van der Waals surface area (Å²) in [7, 11) is 5.26. The first kappa shape index (κ1) is 56.7. The fourth-order valence-electron chi connectivity index (χ4n) is 10.8. The highest BCUT2D eigenvalue weighted by molar-refractivity contribution is 5.73. The normalized spacial score (nSPS) is 40.2. The van der Waals surface area contributed by atoms with Crippen LogP contribution in [0.1, 0.15) is 106 Å². The first-order valence-electron chi connectivity index (χ1n) is 24.7. The zero-order chi connectivity index (χ0) is 51.3. The number of carbonyl (C=O) groups is 1. The maximum atomic E-state index is 14.5. The molecule has 1 aromatic carbocycles. The van der Waals surface area contributed by atoms with Crippen LogP contribution >= 0.6 is 0 Å². The molecule has 0 bridgehead atoms. The second-order valence-electron chi connectivity index (χ2n) is 21.2. The number of methoxy groups -OCH3 is 1. The number of non-ortho nitro benzene ring substituents is 1. The highest BCUT2D eigenvalue weighted by Crippen LogP contribution is 2.40. The number of carbonyl (C=O) groups excluding carboxylic acids is 1. The van der Waals surface area contributed by atoms with Crippen molar-refractivity contribution in [2.45, 2.75) is 205 Å². The van der Waals surface area contributed by atoms with Crippen molar-refractivity contribution in [2.75, 3.05) is 34.3 Å². The van der Waals surface area contributed by atoms with Crippen molar-refractivity contribution in [1.82, 2.24) is 19.4 Å². The molecule has 0 unspecified atom stereocenters. The third-order valence-corrected chi connectivity index (χ3v) is 15.3. The van der Waals surface area contributed by atoms with E-state index in [4.69, 9.17) is 28.4 Å². The largest absolute Gasteiger partial charge is 0.459 e. The SMILES string of the molecule is CC[C@H]1OC(=O)[C@H](C)[C@@H](O[C@H]2C[C@@](C)(OC)[C@@H](O)[C@H](C)O2)[C@H](C)[C@@H](O[C@@H]2O[C@H](C)C[C@H](N(C)CCc3cn(CCc4ccc([N+](=O)[O-])cc4)cn3)[C@H]2O)[C@](C)(O)C[C@@H](C)CN(C)[C@H](C)[C@@H](O)[C@]1(C)O. The molecule has 3 aliphatic heterocycles. The van der Waals surface area contributed by atoms with Gasteiger partial charge in [0, 0.05) is 75.9 Å². The molecule has 3 saturated heterocycles. The van der Waals surface area contributed by atoms with Gasteiger partial charge < -0.3 is 68.3 Å². The molecule has 392 valence electrons. The Morgan fingerprint density at radius 3 is 2.26 bits per heavy atom. The van der Waals surface area contributed by atoms with E-state index >= 15 is 0 Å². The molecule has 3 aliphatic rings. The van der Waals surface area contributed by atoms with Crippen molar-refractivity contribution in [3.63, 3.8) is 0 Å². The first-order valence-corrected chi connectivity index (χ1v) is 24.7. The van der Waals surface area contributed by atoms with E-state index in [1.807, 2.05) is 50.5 Å². The highest BCUT2D eigenvalue weighted by atomic mass is 16.7. The number of imidazole rings is 1. The Morgan fingerprint density at radius 1 is 0.971 bits per heavy atom. The van der Waals surface area contributed by atoms with Crippen LogP contribution in [0.25, 0.3) is 0 Å². The van der Waals surface area contributed by atoms with Gasteiger partial charge in [0.15, 0.2) is 12.6 Å². The number of aryl methyl sites for hydroxylation is 2. The Morgan fingerprint density at radius 2 is 1.64 bits per heavy atom. The van der Waals surface area contributed by atoms with Gasteiger partial charge in [-0.15, -0.1) is 0 Å². The summed E-state index contributed by atoms with van der Waals surface area (Å²) in [5, 5.41) is 70.6. The fraction of sp³-hybridized carbons (Fsp3) is 0.800. The van der Waals surface area contributed by atoms with Crippen LogP contribution in [-0.4, -0.2) is 180 Å². The number of cyclic esters (lactones) is 1. The number of hydrogen-bond acceptors (Lipinski definition) is 17. The summed E-state index contributed by atoms with van der Waals surface area (Å²) in [4.78, 5) is 33.7. The van der Waals surface area contributed by atoms with Gasteiger partial charge in [0.1, 0.15) is 30.0 Å². The lowest BCUT2D eigenvalue weighted by atomic mass is 9.77. The van der Waals surface area contributed by atoms with Crippen LogP contribution in [0.5, 0.6) is 0 Å². The summed E-state index contributed by atoms with van der Waals surface area (Å²) in [5.74, 6) is -2.79. The lowest BCUT2D eigenvalue weighted by Crippen LogP contribution is -2.61. The molecule has 0 aliphatic carbocycles. The number of rotatable bonds is 14. The number of ether oxygens (including phenoxy) is 6. The molecule has 3 fully saturated rings.